The lowest BCUT2D eigenvalue weighted by atomic mass is 9.84. The number of rotatable bonds is 7. The molecular formula is C23H34N2O2. The number of piperidine rings is 1. The van der Waals surface area contributed by atoms with Gasteiger partial charge in [-0.2, -0.15) is 0 Å². The molecule has 148 valence electrons. The quantitative estimate of drug-likeness (QED) is 0.794. The summed E-state index contributed by atoms with van der Waals surface area (Å²) in [5, 5.41) is 3.09. The predicted octanol–water partition coefficient (Wildman–Crippen LogP) is 3.80. The molecule has 0 aromatic heterocycles. The number of hydrogen-bond donors (Lipinski definition) is 1. The Morgan fingerprint density at radius 2 is 1.78 bits per heavy atom. The highest BCUT2D eigenvalue weighted by atomic mass is 16.2. The molecule has 1 saturated heterocycles. The minimum Gasteiger partial charge on any atom is -0.344 e. The van der Waals surface area contributed by atoms with Crippen molar-refractivity contribution in [2.24, 2.45) is 17.8 Å². The zero-order chi connectivity index (χ0) is 19.2. The summed E-state index contributed by atoms with van der Waals surface area (Å²) in [4.78, 5) is 27.5. The van der Waals surface area contributed by atoms with Gasteiger partial charge in [0.05, 0.1) is 0 Å². The summed E-state index contributed by atoms with van der Waals surface area (Å²) in [7, 11) is 0. The summed E-state index contributed by atoms with van der Waals surface area (Å²) in [5.41, 5.74) is 1.38. The molecule has 4 nitrogen and oxygen atoms in total. The van der Waals surface area contributed by atoms with E-state index in [1.165, 1.54) is 5.56 Å². The Hall–Kier alpha value is -1.84. The van der Waals surface area contributed by atoms with Crippen LogP contribution in [0.5, 0.6) is 0 Å². The van der Waals surface area contributed by atoms with Crippen molar-refractivity contribution < 1.29 is 9.59 Å². The number of carbonyl (C=O) groups is 2. The van der Waals surface area contributed by atoms with Gasteiger partial charge in [0.1, 0.15) is 6.04 Å². The molecule has 1 N–H and O–H groups in total. The second-order valence-corrected chi connectivity index (χ2v) is 8.46. The van der Waals surface area contributed by atoms with Crippen molar-refractivity contribution >= 4 is 11.8 Å². The van der Waals surface area contributed by atoms with E-state index in [2.05, 4.69) is 49.5 Å². The van der Waals surface area contributed by atoms with Gasteiger partial charge in [0.25, 0.3) is 0 Å². The van der Waals surface area contributed by atoms with Crippen LogP contribution in [0.3, 0.4) is 0 Å². The molecule has 27 heavy (non-hydrogen) atoms. The van der Waals surface area contributed by atoms with Gasteiger partial charge in [-0.1, -0.05) is 57.0 Å². The molecule has 3 rings (SSSR count). The molecule has 4 heteroatoms. The highest BCUT2D eigenvalue weighted by Gasteiger charge is 2.34. The molecule has 1 aliphatic heterocycles. The zero-order valence-corrected chi connectivity index (χ0v) is 16.8. The number of hydrogen-bond acceptors (Lipinski definition) is 2. The van der Waals surface area contributed by atoms with Gasteiger partial charge in [-0.25, -0.2) is 0 Å². The molecule has 2 fully saturated rings. The van der Waals surface area contributed by atoms with Crippen LogP contribution >= 0.6 is 0 Å². The first-order valence-electron chi connectivity index (χ1n) is 10.7. The number of likely N-dealkylation sites (tertiary alicyclic amines) is 1. The number of nitrogens with one attached hydrogen (secondary N) is 1. The van der Waals surface area contributed by atoms with E-state index < -0.39 is 0 Å². The molecule has 1 saturated carbocycles. The lowest BCUT2D eigenvalue weighted by molar-refractivity contribution is -0.140. The molecule has 1 aromatic rings. The fourth-order valence-electron chi connectivity index (χ4n) is 4.13. The molecule has 0 radical (unpaired) electrons. The summed E-state index contributed by atoms with van der Waals surface area (Å²) < 4.78 is 0. The van der Waals surface area contributed by atoms with Crippen LogP contribution in [0.4, 0.5) is 0 Å². The average Bonchev–Trinajstić information content (AvgIpc) is 2.65. The van der Waals surface area contributed by atoms with Crippen LogP contribution in [0.15, 0.2) is 30.3 Å². The molecule has 1 heterocycles. The van der Waals surface area contributed by atoms with Gasteiger partial charge in [0, 0.05) is 19.0 Å². The Bertz CT molecular complexity index is 619. The van der Waals surface area contributed by atoms with Gasteiger partial charge in [0.15, 0.2) is 0 Å². The van der Waals surface area contributed by atoms with Crippen LogP contribution in [-0.4, -0.2) is 35.8 Å². The molecular weight excluding hydrogens is 336 g/mol. The van der Waals surface area contributed by atoms with Crippen LogP contribution in [-0.2, 0) is 16.0 Å². The fraction of sp³-hybridized carbons (Fsp3) is 0.652. The normalized spacial score (nSPS) is 20.6. The second kappa shape index (κ2) is 9.38. The minimum absolute atomic E-state index is 0.0823. The summed E-state index contributed by atoms with van der Waals surface area (Å²) in [5.74, 6) is 1.14. The van der Waals surface area contributed by atoms with Crippen molar-refractivity contribution in [3.05, 3.63) is 35.9 Å². The molecule has 2 amide bonds. The fourth-order valence-corrected chi connectivity index (χ4v) is 4.13. The topological polar surface area (TPSA) is 49.4 Å². The van der Waals surface area contributed by atoms with Gasteiger partial charge in [0.2, 0.25) is 11.8 Å². The summed E-state index contributed by atoms with van der Waals surface area (Å²) in [6.07, 6.45) is 7.15. The van der Waals surface area contributed by atoms with Gasteiger partial charge < -0.3 is 10.2 Å². The van der Waals surface area contributed by atoms with E-state index in [4.69, 9.17) is 0 Å². The van der Waals surface area contributed by atoms with E-state index in [0.717, 1.165) is 58.0 Å². The summed E-state index contributed by atoms with van der Waals surface area (Å²) >= 11 is 0. The van der Waals surface area contributed by atoms with E-state index in [1.807, 2.05) is 4.90 Å². The zero-order valence-electron chi connectivity index (χ0n) is 16.8. The average molecular weight is 371 g/mol. The first kappa shape index (κ1) is 19.9. The Morgan fingerprint density at radius 1 is 1.11 bits per heavy atom. The third kappa shape index (κ3) is 5.12. The van der Waals surface area contributed by atoms with Crippen molar-refractivity contribution in [1.82, 2.24) is 10.2 Å². The van der Waals surface area contributed by atoms with Crippen LogP contribution in [0.25, 0.3) is 0 Å². The smallest absolute Gasteiger partial charge is 0.245 e. The monoisotopic (exact) mass is 370 g/mol. The highest BCUT2D eigenvalue weighted by Crippen LogP contribution is 2.27. The number of benzene rings is 1. The molecule has 2 atom stereocenters. The van der Waals surface area contributed by atoms with Crippen molar-refractivity contribution in [2.75, 3.05) is 13.1 Å². The van der Waals surface area contributed by atoms with E-state index in [-0.39, 0.29) is 29.7 Å². The van der Waals surface area contributed by atoms with Crippen LogP contribution < -0.4 is 5.32 Å². The third-order valence-corrected chi connectivity index (χ3v) is 6.55. The summed E-state index contributed by atoms with van der Waals surface area (Å²) in [6.45, 7) is 5.78. The van der Waals surface area contributed by atoms with Gasteiger partial charge in [-0.15, -0.1) is 0 Å². The van der Waals surface area contributed by atoms with Crippen molar-refractivity contribution in [1.29, 1.82) is 0 Å². The Labute approximate surface area is 163 Å². The highest BCUT2D eigenvalue weighted by molar-refractivity contribution is 5.89. The molecule has 2 unspecified atom stereocenters. The first-order chi connectivity index (χ1) is 13.1. The van der Waals surface area contributed by atoms with Gasteiger partial charge >= 0.3 is 0 Å². The van der Waals surface area contributed by atoms with E-state index in [1.54, 1.807) is 0 Å². The molecule has 2 aliphatic rings. The van der Waals surface area contributed by atoms with Crippen LogP contribution in [0, 0.1) is 17.8 Å². The lowest BCUT2D eigenvalue weighted by Gasteiger charge is -2.37. The largest absolute Gasteiger partial charge is 0.344 e. The van der Waals surface area contributed by atoms with Crippen molar-refractivity contribution in [2.45, 2.75) is 64.8 Å². The Kier molecular flexibility index (Phi) is 6.92. The molecule has 0 bridgehead atoms. The molecule has 0 spiro atoms. The van der Waals surface area contributed by atoms with Crippen LogP contribution in [0.2, 0.25) is 0 Å². The predicted molar refractivity (Wildman–Crippen MR) is 108 cm³/mol. The maximum Gasteiger partial charge on any atom is 0.245 e. The number of carbonyl (C=O) groups excluding carboxylic acids is 2. The van der Waals surface area contributed by atoms with Gasteiger partial charge in [-0.3, -0.25) is 9.59 Å². The van der Waals surface area contributed by atoms with Crippen molar-refractivity contribution in [3.63, 3.8) is 0 Å². The third-order valence-electron chi connectivity index (χ3n) is 6.55. The first-order valence-corrected chi connectivity index (χ1v) is 10.7. The van der Waals surface area contributed by atoms with E-state index in [9.17, 15) is 9.59 Å². The second-order valence-electron chi connectivity index (χ2n) is 8.46. The Morgan fingerprint density at radius 3 is 2.33 bits per heavy atom. The van der Waals surface area contributed by atoms with Crippen molar-refractivity contribution in [3.8, 4) is 0 Å². The Balaban J connectivity index is 1.54. The summed E-state index contributed by atoms with van der Waals surface area (Å²) in [6, 6.07) is 10.2. The standard InChI is InChI=1S/C23H34N2O2/c1-3-17(2)21(24-22(26)20-10-7-11-20)23(27)25-14-12-19(13-15-25)16-18-8-5-4-6-9-18/h4-6,8-9,17,19-21H,3,7,10-16H2,1-2H3,(H,24,26). The lowest BCUT2D eigenvalue weighted by Crippen LogP contribution is -2.54. The molecule has 1 aliphatic carbocycles. The SMILES string of the molecule is CCC(C)C(NC(=O)C1CCC1)C(=O)N1CCC(Cc2ccccc2)CC1. The molecule has 1 aromatic carbocycles. The number of nitrogens with zero attached hydrogens (tertiary/aromatic N) is 1. The van der Waals surface area contributed by atoms with Crippen LogP contribution in [0.1, 0.15) is 57.9 Å². The van der Waals surface area contributed by atoms with E-state index in [0.29, 0.717) is 5.92 Å². The minimum atomic E-state index is -0.367. The van der Waals surface area contributed by atoms with Gasteiger partial charge in [-0.05, 0) is 49.5 Å². The van der Waals surface area contributed by atoms with E-state index >= 15 is 0 Å². The number of amides is 2. The maximum atomic E-state index is 13.1. The maximum absolute atomic E-state index is 13.1.